The molecule has 0 fully saturated rings. The summed E-state index contributed by atoms with van der Waals surface area (Å²) >= 11 is 0. The van der Waals surface area contributed by atoms with Crippen molar-refractivity contribution in [3.05, 3.63) is 107 Å². The summed E-state index contributed by atoms with van der Waals surface area (Å²) in [6.45, 7) is 4.50. The quantitative estimate of drug-likeness (QED) is 0.442. The summed E-state index contributed by atoms with van der Waals surface area (Å²) in [5, 5.41) is 0. The van der Waals surface area contributed by atoms with E-state index in [4.69, 9.17) is 0 Å². The first-order chi connectivity index (χ1) is 12.6. The summed E-state index contributed by atoms with van der Waals surface area (Å²) in [5.41, 5.74) is 3.52. The van der Waals surface area contributed by atoms with E-state index in [0.29, 0.717) is 5.92 Å². The van der Waals surface area contributed by atoms with Gasteiger partial charge in [-0.05, 0) is 54.0 Å². The Hall–Kier alpha value is -2.41. The van der Waals surface area contributed by atoms with E-state index in [9.17, 15) is 4.39 Å². The first-order valence-electron chi connectivity index (χ1n) is 9.48. The number of hydrogen-bond acceptors (Lipinski definition) is 0. The topological polar surface area (TPSA) is 0 Å². The van der Waals surface area contributed by atoms with Crippen molar-refractivity contribution in [2.24, 2.45) is 5.92 Å². The first-order valence-corrected chi connectivity index (χ1v) is 9.48. The van der Waals surface area contributed by atoms with Gasteiger partial charge in [0.2, 0.25) is 0 Å². The minimum Gasteiger partial charge on any atom is -0.207 e. The second-order valence-corrected chi connectivity index (χ2v) is 7.34. The van der Waals surface area contributed by atoms with Gasteiger partial charge in [0.05, 0.1) is 0 Å². The number of benzene rings is 3. The van der Waals surface area contributed by atoms with E-state index in [2.05, 4.69) is 74.5 Å². The fourth-order valence-corrected chi connectivity index (χ4v) is 4.13. The van der Waals surface area contributed by atoms with Crippen LogP contribution in [0, 0.1) is 11.7 Å². The van der Waals surface area contributed by atoms with Gasteiger partial charge in [-0.1, -0.05) is 86.6 Å². The lowest BCUT2D eigenvalue weighted by molar-refractivity contribution is 0.335. The number of halogens is 1. The van der Waals surface area contributed by atoms with Gasteiger partial charge in [0.25, 0.3) is 0 Å². The lowest BCUT2D eigenvalue weighted by atomic mass is 9.64. The Labute approximate surface area is 156 Å². The zero-order chi connectivity index (χ0) is 18.4. The molecular formula is C25H27F. The summed E-state index contributed by atoms with van der Waals surface area (Å²) in [6, 6.07) is 28.4. The van der Waals surface area contributed by atoms with Gasteiger partial charge in [0, 0.05) is 5.41 Å². The van der Waals surface area contributed by atoms with Crippen molar-refractivity contribution in [1.82, 2.24) is 0 Å². The van der Waals surface area contributed by atoms with Gasteiger partial charge in [-0.2, -0.15) is 0 Å². The second-order valence-electron chi connectivity index (χ2n) is 7.34. The summed E-state index contributed by atoms with van der Waals surface area (Å²) in [4.78, 5) is 0. The van der Waals surface area contributed by atoms with Crippen LogP contribution in [0.25, 0.3) is 0 Å². The third kappa shape index (κ3) is 3.88. The Morgan fingerprint density at radius 2 is 1.38 bits per heavy atom. The van der Waals surface area contributed by atoms with Gasteiger partial charge in [-0.25, -0.2) is 4.39 Å². The Morgan fingerprint density at radius 3 is 2.00 bits per heavy atom. The highest BCUT2D eigenvalue weighted by atomic mass is 19.1. The van der Waals surface area contributed by atoms with Crippen LogP contribution in [0.4, 0.5) is 4.39 Å². The van der Waals surface area contributed by atoms with Crippen molar-refractivity contribution in [1.29, 1.82) is 0 Å². The molecule has 1 atom stereocenters. The average molecular weight is 346 g/mol. The minimum atomic E-state index is -0.182. The monoisotopic (exact) mass is 346 g/mol. The minimum absolute atomic E-state index is 0.161. The van der Waals surface area contributed by atoms with E-state index in [0.717, 1.165) is 24.8 Å². The molecule has 0 N–H and O–H groups in total. The maximum Gasteiger partial charge on any atom is 0.123 e. The highest BCUT2D eigenvalue weighted by Gasteiger charge is 2.37. The molecule has 0 aliphatic rings. The zero-order valence-corrected chi connectivity index (χ0v) is 15.7. The molecule has 0 spiro atoms. The SMILES string of the molecule is CC(C)C(CCCc1ccccc1)(c1ccccc1)c1cccc(F)c1. The van der Waals surface area contributed by atoms with Gasteiger partial charge in [-0.15, -0.1) is 0 Å². The lowest BCUT2D eigenvalue weighted by Gasteiger charge is -2.39. The van der Waals surface area contributed by atoms with Gasteiger partial charge in [0.15, 0.2) is 0 Å². The zero-order valence-electron chi connectivity index (χ0n) is 15.7. The van der Waals surface area contributed by atoms with Gasteiger partial charge >= 0.3 is 0 Å². The summed E-state index contributed by atoms with van der Waals surface area (Å²) in [6.07, 6.45) is 3.10. The molecule has 1 heteroatoms. The number of rotatable bonds is 7. The van der Waals surface area contributed by atoms with Crippen LogP contribution in [0.5, 0.6) is 0 Å². The van der Waals surface area contributed by atoms with Crippen LogP contribution in [0.1, 0.15) is 43.4 Å². The van der Waals surface area contributed by atoms with E-state index < -0.39 is 0 Å². The highest BCUT2D eigenvalue weighted by Crippen LogP contribution is 2.43. The largest absolute Gasteiger partial charge is 0.207 e. The molecule has 0 saturated carbocycles. The molecule has 1 unspecified atom stereocenters. The Balaban J connectivity index is 1.97. The summed E-state index contributed by atoms with van der Waals surface area (Å²) in [5.74, 6) is 0.203. The number of aryl methyl sites for hydroxylation is 1. The highest BCUT2D eigenvalue weighted by molar-refractivity contribution is 5.40. The fourth-order valence-electron chi connectivity index (χ4n) is 4.13. The molecule has 0 heterocycles. The van der Waals surface area contributed by atoms with Crippen molar-refractivity contribution < 1.29 is 4.39 Å². The van der Waals surface area contributed by atoms with Gasteiger partial charge in [0.1, 0.15) is 5.82 Å². The summed E-state index contributed by atoms with van der Waals surface area (Å²) < 4.78 is 14.1. The molecule has 0 bridgehead atoms. The van der Waals surface area contributed by atoms with Crippen LogP contribution in [0.3, 0.4) is 0 Å². The predicted molar refractivity (Wildman–Crippen MR) is 108 cm³/mol. The van der Waals surface area contributed by atoms with Crippen LogP contribution >= 0.6 is 0 Å². The van der Waals surface area contributed by atoms with Crippen molar-refractivity contribution >= 4 is 0 Å². The Bertz CT molecular complexity index is 808. The van der Waals surface area contributed by atoms with Crippen LogP contribution < -0.4 is 0 Å². The van der Waals surface area contributed by atoms with E-state index in [1.807, 2.05) is 12.1 Å². The summed E-state index contributed by atoms with van der Waals surface area (Å²) in [7, 11) is 0. The van der Waals surface area contributed by atoms with Gasteiger partial charge < -0.3 is 0 Å². The normalized spacial score (nSPS) is 13.5. The molecule has 134 valence electrons. The third-order valence-electron chi connectivity index (χ3n) is 5.49. The van der Waals surface area contributed by atoms with Crippen LogP contribution in [0.15, 0.2) is 84.9 Å². The van der Waals surface area contributed by atoms with Crippen molar-refractivity contribution in [2.75, 3.05) is 0 Å². The molecule has 26 heavy (non-hydrogen) atoms. The van der Waals surface area contributed by atoms with Gasteiger partial charge in [-0.3, -0.25) is 0 Å². The fraction of sp³-hybridized carbons (Fsp3) is 0.280. The van der Waals surface area contributed by atoms with Crippen LogP contribution in [0.2, 0.25) is 0 Å². The molecule has 0 amide bonds. The molecule has 0 nitrogen and oxygen atoms in total. The maximum atomic E-state index is 14.1. The molecule has 3 rings (SSSR count). The van der Waals surface area contributed by atoms with Crippen molar-refractivity contribution in [2.45, 2.75) is 38.5 Å². The molecule has 3 aromatic carbocycles. The second kappa shape index (κ2) is 8.31. The third-order valence-corrected chi connectivity index (χ3v) is 5.49. The van der Waals surface area contributed by atoms with E-state index in [-0.39, 0.29) is 11.2 Å². The average Bonchev–Trinajstić information content (AvgIpc) is 2.66. The first kappa shape index (κ1) is 18.4. The van der Waals surface area contributed by atoms with E-state index >= 15 is 0 Å². The van der Waals surface area contributed by atoms with E-state index in [1.165, 1.54) is 17.2 Å². The molecule has 0 saturated heterocycles. The lowest BCUT2D eigenvalue weighted by Crippen LogP contribution is -2.34. The maximum absolute atomic E-state index is 14.1. The molecule has 0 aliphatic carbocycles. The van der Waals surface area contributed by atoms with Crippen LogP contribution in [-0.2, 0) is 11.8 Å². The predicted octanol–water partition coefficient (Wildman–Crippen LogP) is 6.79. The smallest absolute Gasteiger partial charge is 0.123 e. The Kier molecular flexibility index (Phi) is 5.88. The molecular weight excluding hydrogens is 319 g/mol. The molecule has 3 aromatic rings. The van der Waals surface area contributed by atoms with E-state index in [1.54, 1.807) is 6.07 Å². The standard InChI is InChI=1S/C25H27F/c1-20(2)25(22-14-7-4-8-15-22,23-16-9-17-24(26)19-23)18-10-13-21-11-5-3-6-12-21/h3-9,11-12,14-17,19-20H,10,13,18H2,1-2H3. The molecule has 0 radical (unpaired) electrons. The molecule has 0 aliphatic heterocycles. The van der Waals surface area contributed by atoms with Crippen molar-refractivity contribution in [3.63, 3.8) is 0 Å². The van der Waals surface area contributed by atoms with Crippen LogP contribution in [-0.4, -0.2) is 0 Å². The van der Waals surface area contributed by atoms with Crippen molar-refractivity contribution in [3.8, 4) is 0 Å². The number of hydrogen-bond donors (Lipinski definition) is 0. The molecule has 0 aromatic heterocycles. The Morgan fingerprint density at radius 1 is 0.769 bits per heavy atom.